The number of benzene rings is 2. The molecule has 1 N–H and O–H groups in total. The number of thiazole rings is 1. The predicted octanol–water partition coefficient (Wildman–Crippen LogP) is 4.06. The lowest BCUT2D eigenvalue weighted by Gasteiger charge is -2.05. The number of carbonyl (C=O) groups excluding carboxylic acids is 2. The first-order valence-electron chi connectivity index (χ1n) is 6.84. The summed E-state index contributed by atoms with van der Waals surface area (Å²) in [4.78, 5) is 28.8. The van der Waals surface area contributed by atoms with Gasteiger partial charge in [0.05, 0.1) is 10.6 Å². The summed E-state index contributed by atoms with van der Waals surface area (Å²) >= 11 is 1.20. The number of carbonyl (C=O) groups is 2. The average Bonchev–Trinajstić information content (AvgIpc) is 2.87. The standard InChI is InChI=1S/C17H14N2O2S/c1-10-15(11(2)20)22-17(18-10)19-16(21)14-9-5-7-12-6-3-4-8-13(12)14/h3-9H,1-2H3,(H,18,19,21). The third-order valence-electron chi connectivity index (χ3n) is 3.37. The van der Waals surface area contributed by atoms with Gasteiger partial charge in [0.25, 0.3) is 5.91 Å². The van der Waals surface area contributed by atoms with E-state index in [0.29, 0.717) is 21.3 Å². The highest BCUT2D eigenvalue weighted by atomic mass is 32.1. The van der Waals surface area contributed by atoms with Gasteiger partial charge < -0.3 is 0 Å². The molecular weight excluding hydrogens is 296 g/mol. The van der Waals surface area contributed by atoms with E-state index in [0.717, 1.165) is 10.8 Å². The Balaban J connectivity index is 1.94. The summed E-state index contributed by atoms with van der Waals surface area (Å²) < 4.78 is 0. The molecule has 0 saturated carbocycles. The average molecular weight is 310 g/mol. The molecule has 0 bridgehead atoms. The van der Waals surface area contributed by atoms with Crippen molar-refractivity contribution in [3.05, 3.63) is 58.6 Å². The molecule has 22 heavy (non-hydrogen) atoms. The predicted molar refractivity (Wildman–Crippen MR) is 88.8 cm³/mol. The minimum Gasteiger partial charge on any atom is -0.298 e. The molecule has 0 aliphatic heterocycles. The molecule has 0 atom stereocenters. The van der Waals surface area contributed by atoms with E-state index in [9.17, 15) is 9.59 Å². The van der Waals surface area contributed by atoms with Crippen LogP contribution in [0.15, 0.2) is 42.5 Å². The molecule has 0 fully saturated rings. The summed E-state index contributed by atoms with van der Waals surface area (Å²) in [6.45, 7) is 3.26. The minimum atomic E-state index is -0.222. The van der Waals surface area contributed by atoms with Gasteiger partial charge in [0.15, 0.2) is 10.9 Å². The topological polar surface area (TPSA) is 59.1 Å². The Bertz CT molecular complexity index is 878. The molecule has 0 saturated heterocycles. The van der Waals surface area contributed by atoms with Crippen LogP contribution in [0.1, 0.15) is 32.6 Å². The molecule has 1 aromatic heterocycles. The zero-order valence-corrected chi connectivity index (χ0v) is 13.0. The number of nitrogens with one attached hydrogen (secondary N) is 1. The van der Waals surface area contributed by atoms with Crippen molar-refractivity contribution < 1.29 is 9.59 Å². The summed E-state index contributed by atoms with van der Waals surface area (Å²) in [5.41, 5.74) is 1.24. The van der Waals surface area contributed by atoms with Gasteiger partial charge in [-0.3, -0.25) is 14.9 Å². The van der Waals surface area contributed by atoms with E-state index in [1.807, 2.05) is 36.4 Å². The molecule has 1 amide bonds. The fourth-order valence-electron chi connectivity index (χ4n) is 2.36. The smallest absolute Gasteiger partial charge is 0.258 e. The van der Waals surface area contributed by atoms with Crippen LogP contribution in [-0.2, 0) is 0 Å². The van der Waals surface area contributed by atoms with Crippen LogP contribution in [0.2, 0.25) is 0 Å². The number of nitrogens with zero attached hydrogens (tertiary/aromatic N) is 1. The second kappa shape index (κ2) is 5.69. The highest BCUT2D eigenvalue weighted by Crippen LogP contribution is 2.25. The number of aromatic nitrogens is 1. The largest absolute Gasteiger partial charge is 0.298 e. The van der Waals surface area contributed by atoms with Gasteiger partial charge in [-0.2, -0.15) is 0 Å². The molecule has 3 aromatic rings. The van der Waals surface area contributed by atoms with Crippen molar-refractivity contribution in [3.8, 4) is 0 Å². The molecule has 5 heteroatoms. The number of hydrogen-bond acceptors (Lipinski definition) is 4. The molecule has 110 valence electrons. The van der Waals surface area contributed by atoms with Crippen molar-refractivity contribution in [2.45, 2.75) is 13.8 Å². The normalized spacial score (nSPS) is 10.6. The second-order valence-electron chi connectivity index (χ2n) is 4.97. The van der Waals surface area contributed by atoms with E-state index >= 15 is 0 Å². The lowest BCUT2D eigenvalue weighted by Crippen LogP contribution is -2.12. The summed E-state index contributed by atoms with van der Waals surface area (Å²) in [5.74, 6) is -0.263. The Hall–Kier alpha value is -2.53. The van der Waals surface area contributed by atoms with Crippen LogP contribution in [0, 0.1) is 6.92 Å². The van der Waals surface area contributed by atoms with Crippen LogP contribution in [0.5, 0.6) is 0 Å². The summed E-state index contributed by atoms with van der Waals surface area (Å²) in [6.07, 6.45) is 0. The minimum absolute atomic E-state index is 0.0411. The number of aryl methyl sites for hydroxylation is 1. The molecule has 0 aliphatic rings. The molecule has 0 radical (unpaired) electrons. The van der Waals surface area contributed by atoms with Crippen molar-refractivity contribution in [2.24, 2.45) is 0 Å². The van der Waals surface area contributed by atoms with E-state index in [-0.39, 0.29) is 11.7 Å². The number of hydrogen-bond donors (Lipinski definition) is 1. The number of fused-ring (bicyclic) bond motifs is 1. The third-order valence-corrected chi connectivity index (χ3v) is 4.54. The number of ketones is 1. The van der Waals surface area contributed by atoms with Crippen molar-refractivity contribution in [2.75, 3.05) is 5.32 Å². The zero-order valence-electron chi connectivity index (χ0n) is 12.2. The van der Waals surface area contributed by atoms with Crippen LogP contribution in [0.25, 0.3) is 10.8 Å². The monoisotopic (exact) mass is 310 g/mol. The summed E-state index contributed by atoms with van der Waals surface area (Å²) in [6, 6.07) is 13.3. The van der Waals surface area contributed by atoms with Crippen LogP contribution >= 0.6 is 11.3 Å². The fraction of sp³-hybridized carbons (Fsp3) is 0.118. The first kappa shape index (κ1) is 14.4. The maximum atomic E-state index is 12.5. The van der Waals surface area contributed by atoms with Gasteiger partial charge in [-0.1, -0.05) is 47.7 Å². The Kier molecular flexibility index (Phi) is 3.73. The lowest BCUT2D eigenvalue weighted by atomic mass is 10.0. The molecule has 1 heterocycles. The molecular formula is C17H14N2O2S. The number of anilines is 1. The SMILES string of the molecule is CC(=O)c1sc(NC(=O)c2cccc3ccccc23)nc1C. The summed E-state index contributed by atoms with van der Waals surface area (Å²) in [7, 11) is 0. The first-order valence-corrected chi connectivity index (χ1v) is 7.65. The van der Waals surface area contributed by atoms with Gasteiger partial charge in [0.2, 0.25) is 0 Å². The molecule has 0 unspecified atom stereocenters. The Labute approximate surface area is 131 Å². The van der Waals surface area contributed by atoms with Gasteiger partial charge >= 0.3 is 0 Å². The zero-order chi connectivity index (χ0) is 15.7. The molecule has 0 aliphatic carbocycles. The van der Waals surface area contributed by atoms with Gasteiger partial charge in [0, 0.05) is 12.5 Å². The van der Waals surface area contributed by atoms with Crippen molar-refractivity contribution in [3.63, 3.8) is 0 Å². The van der Waals surface area contributed by atoms with Crippen molar-refractivity contribution >= 4 is 38.9 Å². The second-order valence-corrected chi connectivity index (χ2v) is 5.97. The Morgan fingerprint density at radius 1 is 1.09 bits per heavy atom. The quantitative estimate of drug-likeness (QED) is 0.742. The van der Waals surface area contributed by atoms with E-state index in [2.05, 4.69) is 10.3 Å². The number of rotatable bonds is 3. The third kappa shape index (κ3) is 2.63. The van der Waals surface area contributed by atoms with Crippen LogP contribution in [0.4, 0.5) is 5.13 Å². The van der Waals surface area contributed by atoms with Gasteiger partial charge in [0.1, 0.15) is 0 Å². The van der Waals surface area contributed by atoms with Gasteiger partial charge in [-0.25, -0.2) is 4.98 Å². The maximum Gasteiger partial charge on any atom is 0.258 e. The molecule has 4 nitrogen and oxygen atoms in total. The van der Waals surface area contributed by atoms with E-state index in [4.69, 9.17) is 0 Å². The van der Waals surface area contributed by atoms with E-state index < -0.39 is 0 Å². The summed E-state index contributed by atoms with van der Waals surface area (Å²) in [5, 5.41) is 5.13. The highest BCUT2D eigenvalue weighted by Gasteiger charge is 2.15. The molecule has 0 spiro atoms. The first-order chi connectivity index (χ1) is 10.6. The maximum absolute atomic E-state index is 12.5. The van der Waals surface area contributed by atoms with E-state index in [1.165, 1.54) is 18.3 Å². The van der Waals surface area contributed by atoms with Crippen molar-refractivity contribution in [1.29, 1.82) is 0 Å². The van der Waals surface area contributed by atoms with Crippen molar-refractivity contribution in [1.82, 2.24) is 4.98 Å². The fourth-order valence-corrected chi connectivity index (χ4v) is 3.22. The van der Waals surface area contributed by atoms with E-state index in [1.54, 1.807) is 13.0 Å². The number of amides is 1. The lowest BCUT2D eigenvalue weighted by molar-refractivity contribution is 0.101. The highest BCUT2D eigenvalue weighted by molar-refractivity contribution is 7.17. The number of Topliss-reactive ketones (excluding diaryl/α,β-unsaturated/α-hetero) is 1. The Morgan fingerprint density at radius 3 is 2.55 bits per heavy atom. The van der Waals surface area contributed by atoms with Gasteiger partial charge in [-0.15, -0.1) is 0 Å². The van der Waals surface area contributed by atoms with Crippen LogP contribution in [-0.4, -0.2) is 16.7 Å². The molecule has 2 aromatic carbocycles. The Morgan fingerprint density at radius 2 is 1.82 bits per heavy atom. The van der Waals surface area contributed by atoms with Gasteiger partial charge in [-0.05, 0) is 23.8 Å². The molecule has 3 rings (SSSR count). The van der Waals surface area contributed by atoms with Crippen LogP contribution in [0.3, 0.4) is 0 Å². The van der Waals surface area contributed by atoms with Crippen LogP contribution < -0.4 is 5.32 Å².